The molecule has 9 heteroatoms. The Morgan fingerprint density at radius 3 is 2.24 bits per heavy atom. The highest BCUT2D eigenvalue weighted by Crippen LogP contribution is 2.32. The van der Waals surface area contributed by atoms with Gasteiger partial charge in [0, 0.05) is 6.92 Å². The number of carbonyl (C=O) groups is 2. The summed E-state index contributed by atoms with van der Waals surface area (Å²) in [6.07, 6.45) is -1.40. The topological polar surface area (TPSA) is 138 Å². The van der Waals surface area contributed by atoms with Crippen LogP contribution in [-0.4, -0.2) is 38.4 Å². The lowest BCUT2D eigenvalue weighted by Crippen LogP contribution is -2.48. The molecule has 2 amide bonds. The summed E-state index contributed by atoms with van der Waals surface area (Å²) in [4.78, 5) is 28.5. The zero-order valence-corrected chi connectivity index (χ0v) is 15.5. The number of aliphatic hydroxyl groups excluding tert-OH is 1. The van der Waals surface area contributed by atoms with Gasteiger partial charge in [0.25, 0.3) is 5.91 Å². The van der Waals surface area contributed by atoms with Gasteiger partial charge in [-0.05, 0) is 17.8 Å². The summed E-state index contributed by atoms with van der Waals surface area (Å²) in [5.74, 6) is -1.82. The molecule has 1 rings (SSSR count). The average molecular weight is 356 g/mol. The van der Waals surface area contributed by atoms with Crippen molar-refractivity contribution >= 4 is 11.8 Å². The summed E-state index contributed by atoms with van der Waals surface area (Å²) >= 11 is 0. The normalized spacial score (nSPS) is 15.6. The highest BCUT2D eigenvalue weighted by atomic mass is 16.5. The van der Waals surface area contributed by atoms with Gasteiger partial charge in [0.2, 0.25) is 11.8 Å². The molecule has 3 atom stereocenters. The maximum atomic E-state index is 12.8. The van der Waals surface area contributed by atoms with E-state index in [-0.39, 0.29) is 12.3 Å². The van der Waals surface area contributed by atoms with E-state index in [1.165, 1.54) is 5.48 Å². The van der Waals surface area contributed by atoms with E-state index < -0.39 is 35.3 Å². The van der Waals surface area contributed by atoms with Gasteiger partial charge in [-0.25, -0.2) is 5.48 Å². The zero-order valence-electron chi connectivity index (χ0n) is 15.5. The van der Waals surface area contributed by atoms with Gasteiger partial charge >= 0.3 is 0 Å². The molecular weight excluding hydrogens is 328 g/mol. The van der Waals surface area contributed by atoms with Crippen LogP contribution in [-0.2, 0) is 9.59 Å². The summed E-state index contributed by atoms with van der Waals surface area (Å²) in [7, 11) is 0. The molecule has 0 aliphatic rings. The number of nitrogens with one attached hydrogen (secondary N) is 2. The Kier molecular flexibility index (Phi) is 7.06. The van der Waals surface area contributed by atoms with Crippen LogP contribution >= 0.6 is 0 Å². The Labute approximate surface area is 147 Å². The quantitative estimate of drug-likeness (QED) is 0.424. The number of aliphatic hydroxyl groups is 1. The van der Waals surface area contributed by atoms with Crippen LogP contribution in [0.4, 0.5) is 0 Å². The third-order valence-electron chi connectivity index (χ3n) is 3.78. The Morgan fingerprint density at radius 2 is 1.84 bits per heavy atom. The molecule has 0 saturated carbocycles. The Bertz CT molecular complexity index is 594. The standard InChI is InChI=1S/C16H28N4O5/c1-8(2)7-10(11(21)15(23)19-24)14(22)18-12(16(4,5)6)13-17-9(3)25-20-13/h8,10-12,21,24H,7H2,1-6H3,(H,18,22)(H,19,23). The molecule has 0 bridgehead atoms. The van der Waals surface area contributed by atoms with Crippen molar-refractivity contribution in [3.63, 3.8) is 0 Å². The second-order valence-electron chi connectivity index (χ2n) is 7.64. The number of amides is 2. The molecule has 9 nitrogen and oxygen atoms in total. The number of nitrogens with zero attached hydrogens (tertiary/aromatic N) is 2. The third kappa shape index (κ3) is 5.79. The van der Waals surface area contributed by atoms with Crippen molar-refractivity contribution in [2.24, 2.45) is 17.3 Å². The molecule has 142 valence electrons. The SMILES string of the molecule is Cc1nc(C(NC(=O)C(CC(C)C)C(O)C(=O)NO)C(C)(C)C)no1. The molecular formula is C16H28N4O5. The van der Waals surface area contributed by atoms with Gasteiger partial charge in [0.1, 0.15) is 6.10 Å². The first-order valence-electron chi connectivity index (χ1n) is 8.20. The van der Waals surface area contributed by atoms with E-state index in [0.29, 0.717) is 11.7 Å². The van der Waals surface area contributed by atoms with Crippen LogP contribution in [0.1, 0.15) is 58.8 Å². The number of carbonyl (C=O) groups excluding carboxylic acids is 2. The predicted molar refractivity (Wildman–Crippen MR) is 88.3 cm³/mol. The van der Waals surface area contributed by atoms with E-state index in [1.54, 1.807) is 6.92 Å². The van der Waals surface area contributed by atoms with E-state index in [1.807, 2.05) is 34.6 Å². The minimum absolute atomic E-state index is 0.0531. The summed E-state index contributed by atoms with van der Waals surface area (Å²) in [5.41, 5.74) is 0.951. The van der Waals surface area contributed by atoms with Crippen molar-refractivity contribution in [1.82, 2.24) is 20.9 Å². The van der Waals surface area contributed by atoms with Gasteiger partial charge in [-0.2, -0.15) is 4.98 Å². The average Bonchev–Trinajstić information content (AvgIpc) is 2.93. The van der Waals surface area contributed by atoms with Crippen LogP contribution in [0.15, 0.2) is 4.52 Å². The number of hydrogen-bond acceptors (Lipinski definition) is 7. The maximum Gasteiger partial charge on any atom is 0.272 e. The molecule has 4 N–H and O–H groups in total. The molecule has 1 aromatic rings. The van der Waals surface area contributed by atoms with Gasteiger partial charge in [-0.1, -0.05) is 39.8 Å². The fourth-order valence-corrected chi connectivity index (χ4v) is 2.49. The van der Waals surface area contributed by atoms with E-state index in [9.17, 15) is 14.7 Å². The predicted octanol–water partition coefficient (Wildman–Crippen LogP) is 1.11. The second-order valence-corrected chi connectivity index (χ2v) is 7.64. The number of hydroxylamine groups is 1. The fourth-order valence-electron chi connectivity index (χ4n) is 2.49. The van der Waals surface area contributed by atoms with Crippen molar-refractivity contribution in [2.75, 3.05) is 0 Å². The molecule has 3 unspecified atom stereocenters. The summed E-state index contributed by atoms with van der Waals surface area (Å²) in [5, 5.41) is 25.5. The molecule has 1 aromatic heterocycles. The number of aromatic nitrogens is 2. The van der Waals surface area contributed by atoms with Gasteiger partial charge in [-0.3, -0.25) is 14.8 Å². The molecule has 0 aliphatic heterocycles. The van der Waals surface area contributed by atoms with Crippen LogP contribution in [0.2, 0.25) is 0 Å². The summed E-state index contributed by atoms with van der Waals surface area (Å²) < 4.78 is 4.99. The molecule has 0 aliphatic carbocycles. The number of aryl methyl sites for hydroxylation is 1. The minimum Gasteiger partial charge on any atom is -0.382 e. The van der Waals surface area contributed by atoms with E-state index >= 15 is 0 Å². The largest absolute Gasteiger partial charge is 0.382 e. The van der Waals surface area contributed by atoms with Crippen LogP contribution in [0, 0.1) is 24.2 Å². The van der Waals surface area contributed by atoms with Gasteiger partial charge < -0.3 is 14.9 Å². The Hall–Kier alpha value is -2.00. The van der Waals surface area contributed by atoms with Crippen molar-refractivity contribution in [3.8, 4) is 0 Å². The summed E-state index contributed by atoms with van der Waals surface area (Å²) in [6, 6.07) is -0.573. The molecule has 1 heterocycles. The Balaban J connectivity index is 3.07. The molecule has 0 radical (unpaired) electrons. The lowest BCUT2D eigenvalue weighted by atomic mass is 9.84. The van der Waals surface area contributed by atoms with Gasteiger partial charge in [0.05, 0.1) is 12.0 Å². The van der Waals surface area contributed by atoms with E-state index in [0.717, 1.165) is 0 Å². The van der Waals surface area contributed by atoms with Gasteiger partial charge in [-0.15, -0.1) is 0 Å². The second kappa shape index (κ2) is 8.39. The van der Waals surface area contributed by atoms with Crippen molar-refractivity contribution in [2.45, 2.75) is 60.1 Å². The highest BCUT2D eigenvalue weighted by Gasteiger charge is 2.37. The lowest BCUT2D eigenvalue weighted by Gasteiger charge is -2.31. The smallest absolute Gasteiger partial charge is 0.272 e. The highest BCUT2D eigenvalue weighted by molar-refractivity contribution is 5.88. The molecule has 0 fully saturated rings. The van der Waals surface area contributed by atoms with Crippen molar-refractivity contribution in [3.05, 3.63) is 11.7 Å². The first-order chi connectivity index (χ1) is 11.5. The summed E-state index contributed by atoms with van der Waals surface area (Å²) in [6.45, 7) is 11.1. The van der Waals surface area contributed by atoms with Crippen LogP contribution in [0.5, 0.6) is 0 Å². The first-order valence-corrected chi connectivity index (χ1v) is 8.20. The monoisotopic (exact) mass is 356 g/mol. The molecule has 25 heavy (non-hydrogen) atoms. The lowest BCUT2D eigenvalue weighted by molar-refractivity contribution is -0.147. The van der Waals surface area contributed by atoms with Crippen molar-refractivity contribution < 1.29 is 24.4 Å². The van der Waals surface area contributed by atoms with Crippen molar-refractivity contribution in [1.29, 1.82) is 0 Å². The fraction of sp³-hybridized carbons (Fsp3) is 0.750. The molecule has 0 aromatic carbocycles. The van der Waals surface area contributed by atoms with E-state index in [4.69, 9.17) is 9.73 Å². The minimum atomic E-state index is -1.67. The number of hydrogen-bond donors (Lipinski definition) is 4. The maximum absolute atomic E-state index is 12.8. The molecule has 0 saturated heterocycles. The van der Waals surface area contributed by atoms with Gasteiger partial charge in [0.15, 0.2) is 5.82 Å². The number of rotatable bonds is 7. The first kappa shape index (κ1) is 21.0. The third-order valence-corrected chi connectivity index (χ3v) is 3.78. The Morgan fingerprint density at radius 1 is 1.24 bits per heavy atom. The zero-order chi connectivity index (χ0) is 19.4. The van der Waals surface area contributed by atoms with Crippen LogP contribution in [0.3, 0.4) is 0 Å². The van der Waals surface area contributed by atoms with Crippen LogP contribution < -0.4 is 10.8 Å². The van der Waals surface area contributed by atoms with Crippen LogP contribution in [0.25, 0.3) is 0 Å². The van der Waals surface area contributed by atoms with E-state index in [2.05, 4.69) is 15.5 Å². The molecule has 0 spiro atoms.